The van der Waals surface area contributed by atoms with E-state index in [1.807, 2.05) is 12.1 Å². The molecule has 0 spiro atoms. The van der Waals surface area contributed by atoms with E-state index in [-0.39, 0.29) is 52.4 Å². The van der Waals surface area contributed by atoms with Gasteiger partial charge in [0.1, 0.15) is 0 Å². The van der Waals surface area contributed by atoms with Gasteiger partial charge in [-0.2, -0.15) is 10.5 Å². The quantitative estimate of drug-likeness (QED) is 0.0649. The van der Waals surface area contributed by atoms with E-state index in [1.54, 1.807) is 24.3 Å². The number of carbonyl (C=O) groups is 4. The third kappa shape index (κ3) is 5.31. The van der Waals surface area contributed by atoms with Gasteiger partial charge in [0.15, 0.2) is 0 Å². The second kappa shape index (κ2) is 14.0. The van der Waals surface area contributed by atoms with Crippen LogP contribution in [0.4, 0.5) is 0 Å². The molecule has 0 aromatic heterocycles. The summed E-state index contributed by atoms with van der Waals surface area (Å²) in [6, 6.07) is 14.9. The van der Waals surface area contributed by atoms with Crippen molar-refractivity contribution in [2.24, 2.45) is 11.8 Å². The average molecular weight is 693 g/mol. The van der Waals surface area contributed by atoms with Crippen molar-refractivity contribution in [2.45, 2.75) is 91.9 Å². The number of rotatable bonds is 14. The van der Waals surface area contributed by atoms with Crippen molar-refractivity contribution < 1.29 is 19.2 Å². The van der Waals surface area contributed by atoms with E-state index in [4.69, 9.17) is 0 Å². The number of hydrogen-bond acceptors (Lipinski definition) is 6. The van der Waals surface area contributed by atoms with Crippen LogP contribution in [-0.4, -0.2) is 46.5 Å². The maximum Gasteiger partial charge on any atom is 0.261 e. The van der Waals surface area contributed by atoms with E-state index in [9.17, 15) is 29.7 Å². The number of carbonyl (C=O) groups excluding carboxylic acids is 4. The van der Waals surface area contributed by atoms with Crippen LogP contribution in [0.1, 0.15) is 144 Å². The van der Waals surface area contributed by atoms with Gasteiger partial charge in [0.2, 0.25) is 0 Å². The first-order valence-corrected chi connectivity index (χ1v) is 19.0. The minimum Gasteiger partial charge on any atom is -0.274 e. The van der Waals surface area contributed by atoms with Gasteiger partial charge in [-0.25, -0.2) is 0 Å². The standard InChI is InChI=1S/C44H44N4O4/c1-5-9-13-25(11-7-3)23-47-41(49)31-17-15-29-35-27(21-45)19-33-39-34(44(52)48(43(33)51)24-26(12-8-4)14-10-6-2)20-28(22-46)36(40(35)39)30-16-18-32(42(47)50)38(31)37(29)30/h15-20,25-26H,5-14,23-24H2,1-4H3. The lowest BCUT2D eigenvalue weighted by Crippen LogP contribution is -2.43. The zero-order valence-corrected chi connectivity index (χ0v) is 30.5. The monoisotopic (exact) mass is 692 g/mol. The van der Waals surface area contributed by atoms with Crippen LogP contribution in [-0.2, 0) is 0 Å². The summed E-state index contributed by atoms with van der Waals surface area (Å²) in [6.07, 6.45) is 9.65. The number of nitrogens with zero attached hydrogens (tertiary/aromatic N) is 4. The van der Waals surface area contributed by atoms with Crippen molar-refractivity contribution in [1.82, 2.24) is 9.80 Å². The Morgan fingerprint density at radius 1 is 0.500 bits per heavy atom. The Bertz CT molecular complexity index is 2260. The van der Waals surface area contributed by atoms with Crippen molar-refractivity contribution in [3.63, 3.8) is 0 Å². The lowest BCUT2D eigenvalue weighted by atomic mass is 9.79. The van der Waals surface area contributed by atoms with Gasteiger partial charge >= 0.3 is 0 Å². The highest BCUT2D eigenvalue weighted by Gasteiger charge is 2.39. The average Bonchev–Trinajstić information content (AvgIpc) is 3.16. The summed E-state index contributed by atoms with van der Waals surface area (Å²) in [5.41, 5.74) is 1.87. The molecule has 0 radical (unpaired) electrons. The molecule has 2 unspecified atom stereocenters. The predicted octanol–water partition coefficient (Wildman–Crippen LogP) is 9.89. The molecule has 0 fully saturated rings. The fraction of sp³-hybridized carbons (Fsp3) is 0.409. The van der Waals surface area contributed by atoms with Gasteiger partial charge in [-0.05, 0) is 77.9 Å². The van der Waals surface area contributed by atoms with Crippen molar-refractivity contribution in [1.29, 1.82) is 10.5 Å². The molecular formula is C44H44N4O4. The summed E-state index contributed by atoms with van der Waals surface area (Å²) in [7, 11) is 0. The third-order valence-corrected chi connectivity index (χ3v) is 11.5. The van der Waals surface area contributed by atoms with Crippen LogP contribution < -0.4 is 0 Å². The summed E-state index contributed by atoms with van der Waals surface area (Å²) < 4.78 is 0. The molecule has 5 aromatic rings. The highest BCUT2D eigenvalue weighted by molar-refractivity contribution is 6.42. The molecule has 0 N–H and O–H groups in total. The van der Waals surface area contributed by atoms with Gasteiger partial charge in [-0.15, -0.1) is 0 Å². The summed E-state index contributed by atoms with van der Waals surface area (Å²) in [6.45, 7) is 9.12. The normalized spacial score (nSPS) is 15.3. The Kier molecular flexibility index (Phi) is 9.44. The predicted molar refractivity (Wildman–Crippen MR) is 204 cm³/mol. The van der Waals surface area contributed by atoms with Crippen LogP contribution in [0.3, 0.4) is 0 Å². The van der Waals surface area contributed by atoms with Crippen LogP contribution in [0.25, 0.3) is 43.1 Å². The summed E-state index contributed by atoms with van der Waals surface area (Å²) in [5.74, 6) is -1.17. The van der Waals surface area contributed by atoms with Crippen LogP contribution in [0.5, 0.6) is 0 Å². The zero-order chi connectivity index (χ0) is 36.8. The van der Waals surface area contributed by atoms with Gasteiger partial charge in [-0.3, -0.25) is 29.0 Å². The van der Waals surface area contributed by atoms with E-state index in [2.05, 4.69) is 39.8 Å². The van der Waals surface area contributed by atoms with Gasteiger partial charge in [0, 0.05) is 51.1 Å². The fourth-order valence-corrected chi connectivity index (χ4v) is 9.05. The second-order valence-electron chi connectivity index (χ2n) is 14.8. The van der Waals surface area contributed by atoms with Gasteiger partial charge < -0.3 is 0 Å². The number of fused-ring (bicyclic) bond motifs is 2. The summed E-state index contributed by atoms with van der Waals surface area (Å²) in [5, 5.41) is 25.7. The molecular weight excluding hydrogens is 649 g/mol. The highest BCUT2D eigenvalue weighted by atomic mass is 16.2. The van der Waals surface area contributed by atoms with Crippen LogP contribution in [0.2, 0.25) is 0 Å². The lowest BCUT2D eigenvalue weighted by Gasteiger charge is -2.33. The Morgan fingerprint density at radius 2 is 0.904 bits per heavy atom. The molecule has 2 aliphatic rings. The smallest absolute Gasteiger partial charge is 0.261 e. The summed E-state index contributed by atoms with van der Waals surface area (Å²) >= 11 is 0. The van der Waals surface area contributed by atoms with Crippen LogP contribution in [0.15, 0.2) is 36.4 Å². The van der Waals surface area contributed by atoms with Gasteiger partial charge in [0.05, 0.1) is 34.4 Å². The Morgan fingerprint density at radius 3 is 1.29 bits per heavy atom. The molecule has 52 heavy (non-hydrogen) atoms. The fourth-order valence-electron chi connectivity index (χ4n) is 9.05. The van der Waals surface area contributed by atoms with Crippen molar-refractivity contribution in [3.8, 4) is 12.1 Å². The molecule has 0 saturated carbocycles. The first-order valence-electron chi connectivity index (χ1n) is 19.0. The van der Waals surface area contributed by atoms with Gasteiger partial charge in [0.25, 0.3) is 23.6 Å². The Hall–Kier alpha value is -5.34. The largest absolute Gasteiger partial charge is 0.274 e. The molecule has 0 saturated heterocycles. The van der Waals surface area contributed by atoms with E-state index >= 15 is 0 Å². The van der Waals surface area contributed by atoms with Crippen molar-refractivity contribution in [2.75, 3.05) is 13.1 Å². The molecule has 2 heterocycles. The first kappa shape index (κ1) is 35.1. The minimum atomic E-state index is -0.429. The number of benzene rings is 5. The van der Waals surface area contributed by atoms with E-state index in [0.717, 1.165) is 64.2 Å². The maximum absolute atomic E-state index is 14.3. The Labute approximate surface area is 304 Å². The molecule has 4 amide bonds. The number of hydrogen-bond donors (Lipinski definition) is 0. The SMILES string of the molecule is CCCCC(CCC)CN1C(=O)c2ccc3c4c(C#N)cc5c6c(cc(C#N)c(c7ccc(c2c37)C1=O)c64)C(=O)N(CC(CCC)CCCC)C5=O. The third-order valence-electron chi connectivity index (χ3n) is 11.5. The van der Waals surface area contributed by atoms with Crippen molar-refractivity contribution in [3.05, 3.63) is 69.8 Å². The zero-order valence-electron chi connectivity index (χ0n) is 30.5. The molecule has 7 rings (SSSR count). The number of amides is 4. The maximum atomic E-state index is 14.3. The van der Waals surface area contributed by atoms with Gasteiger partial charge in [-0.1, -0.05) is 78.4 Å². The molecule has 0 aliphatic carbocycles. The second-order valence-corrected chi connectivity index (χ2v) is 14.8. The number of imide groups is 2. The molecule has 2 aliphatic heterocycles. The summed E-state index contributed by atoms with van der Waals surface area (Å²) in [4.78, 5) is 59.6. The van der Waals surface area contributed by atoms with E-state index < -0.39 is 11.8 Å². The van der Waals surface area contributed by atoms with Crippen LogP contribution in [0, 0.1) is 34.5 Å². The molecule has 5 aromatic carbocycles. The molecule has 0 bridgehead atoms. The van der Waals surface area contributed by atoms with E-state index in [1.165, 1.54) is 9.80 Å². The molecule has 2 atom stereocenters. The molecule has 8 heteroatoms. The number of unbranched alkanes of at least 4 members (excludes halogenated alkanes) is 2. The topological polar surface area (TPSA) is 122 Å². The number of nitriles is 2. The van der Waals surface area contributed by atoms with Crippen molar-refractivity contribution >= 4 is 66.7 Å². The molecule has 8 nitrogen and oxygen atoms in total. The van der Waals surface area contributed by atoms with E-state index in [0.29, 0.717) is 60.8 Å². The lowest BCUT2D eigenvalue weighted by molar-refractivity contribution is 0.0563. The van der Waals surface area contributed by atoms with Crippen LogP contribution >= 0.6 is 0 Å². The molecule has 264 valence electrons. The first-order chi connectivity index (χ1) is 25.2. The minimum absolute atomic E-state index is 0.153. The highest BCUT2D eigenvalue weighted by Crippen LogP contribution is 2.48. The Balaban J connectivity index is 1.46.